The van der Waals surface area contributed by atoms with Crippen LogP contribution in [0.4, 0.5) is 0 Å². The molecule has 1 rings (SSSR count). The third-order valence-electron chi connectivity index (χ3n) is 9.95. The summed E-state index contributed by atoms with van der Waals surface area (Å²) in [6.07, 6.45) is 33.4. The molecular weight excluding hydrogens is 639 g/mol. The minimum atomic E-state index is -0.176. The van der Waals surface area contributed by atoms with E-state index in [0.29, 0.717) is 24.2 Å². The van der Waals surface area contributed by atoms with E-state index in [9.17, 15) is 9.59 Å². The highest BCUT2D eigenvalue weighted by atomic mass is 16.5. The van der Waals surface area contributed by atoms with Crippen LogP contribution < -0.4 is 0 Å². The zero-order valence-corrected chi connectivity index (χ0v) is 36.7. The Morgan fingerprint density at radius 2 is 1.31 bits per heavy atom. The van der Waals surface area contributed by atoms with Crippen LogP contribution in [0.5, 0.6) is 0 Å². The zero-order chi connectivity index (χ0) is 39.2. The molecule has 4 heteroatoms. The molecule has 1 aliphatic rings. The van der Waals surface area contributed by atoms with Gasteiger partial charge in [0.05, 0.1) is 6.61 Å². The van der Waals surface area contributed by atoms with Crippen molar-refractivity contribution in [2.24, 2.45) is 17.3 Å². The maximum atomic E-state index is 11.8. The first-order chi connectivity index (χ1) is 24.6. The fourth-order valence-corrected chi connectivity index (χ4v) is 6.28. The second kappa shape index (κ2) is 42.5. The van der Waals surface area contributed by atoms with Crippen molar-refractivity contribution in [3.8, 4) is 0 Å². The average Bonchev–Trinajstić information content (AvgIpc) is 3.51. The highest BCUT2D eigenvalue weighted by molar-refractivity contribution is 5.89. The van der Waals surface area contributed by atoms with Gasteiger partial charge in [-0.1, -0.05) is 179 Å². The summed E-state index contributed by atoms with van der Waals surface area (Å²) in [5.41, 5.74) is -0.176. The summed E-state index contributed by atoms with van der Waals surface area (Å²) in [5.74, 6) is 1.79. The van der Waals surface area contributed by atoms with Crippen LogP contribution in [0.1, 0.15) is 225 Å². The molecule has 3 atom stereocenters. The quantitative estimate of drug-likeness (QED) is 0.0436. The zero-order valence-electron chi connectivity index (χ0n) is 36.7. The maximum Gasteiger partial charge on any atom is 0.155 e. The van der Waals surface area contributed by atoms with Gasteiger partial charge in [0.1, 0.15) is 5.78 Å². The van der Waals surface area contributed by atoms with Crippen LogP contribution in [0.2, 0.25) is 0 Å². The number of carbonyl (C=O) groups is 2. The summed E-state index contributed by atoms with van der Waals surface area (Å²) in [7, 11) is 0. The molecule has 0 aliphatic carbocycles. The van der Waals surface area contributed by atoms with Gasteiger partial charge in [-0.25, -0.2) is 0 Å². The second-order valence-corrected chi connectivity index (χ2v) is 15.5. The van der Waals surface area contributed by atoms with Crippen LogP contribution >= 0.6 is 0 Å². The van der Waals surface area contributed by atoms with Gasteiger partial charge in [0.25, 0.3) is 0 Å². The van der Waals surface area contributed by atoms with E-state index in [-0.39, 0.29) is 18.6 Å². The molecule has 0 saturated carbocycles. The summed E-state index contributed by atoms with van der Waals surface area (Å²) in [6, 6.07) is 0.467. The average molecular weight is 736 g/mol. The van der Waals surface area contributed by atoms with Crippen LogP contribution in [0.25, 0.3) is 0 Å². The molecule has 4 nitrogen and oxygen atoms in total. The van der Waals surface area contributed by atoms with E-state index in [2.05, 4.69) is 72.1 Å². The Labute approximate surface area is 329 Å². The monoisotopic (exact) mass is 736 g/mol. The van der Waals surface area contributed by atoms with E-state index in [1.165, 1.54) is 103 Å². The molecule has 1 fully saturated rings. The number of carbonyl (C=O) groups excluding carboxylic acids is 2. The molecule has 0 N–H and O–H groups in total. The van der Waals surface area contributed by atoms with Gasteiger partial charge in [-0.15, -0.1) is 6.58 Å². The molecule has 0 aromatic heterocycles. The fraction of sp³-hybridized carbons (Fsp3) is 0.875. The van der Waals surface area contributed by atoms with Crippen molar-refractivity contribution in [1.29, 1.82) is 0 Å². The maximum absolute atomic E-state index is 11.8. The molecule has 52 heavy (non-hydrogen) atoms. The fourth-order valence-electron chi connectivity index (χ4n) is 6.28. The number of ketones is 2. The minimum absolute atomic E-state index is 0. The number of allylic oxidation sites excluding steroid dienone is 2. The summed E-state index contributed by atoms with van der Waals surface area (Å²) < 4.78 is 5.94. The highest BCUT2D eigenvalue weighted by Crippen LogP contribution is 2.27. The predicted molar refractivity (Wildman–Crippen MR) is 236 cm³/mol. The number of hydrogen-bond acceptors (Lipinski definition) is 4. The van der Waals surface area contributed by atoms with Crippen molar-refractivity contribution >= 4 is 11.6 Å². The molecule has 1 unspecified atom stereocenters. The summed E-state index contributed by atoms with van der Waals surface area (Å²) in [5, 5.41) is 0. The Hall–Kier alpha value is -1.26. The first kappa shape index (κ1) is 57.5. The predicted octanol–water partition coefficient (Wildman–Crippen LogP) is 15.2. The molecule has 0 aromatic carbocycles. The molecule has 1 heterocycles. The number of likely N-dealkylation sites (tertiary alicyclic amines) is 1. The third-order valence-corrected chi connectivity index (χ3v) is 9.95. The number of ether oxygens (including phenoxy) is 1. The standard InChI is InChI=1S/C26H47NO3.C16H32.C3H8.C2H6.CH4/c1-6-8-18-30-21-24-19-23(14-15-25(29)13-7-2)20-27(24)17-12-10-9-11-16-26(4,5)22(3)28;1-4-7-9-11-13-15-16(6-3)14-12-10-8-5-2;1-3-2;1-2;/h14-15,23-24H,6-13,16-21H2,1-5H3;6,16H,3-5,7-15H2,1-2H3;3H2,1-2H3;1-2H3;1H4/t23-,24-;;;;/m0..../s1. The van der Waals surface area contributed by atoms with E-state index in [1.807, 2.05) is 26.8 Å². The van der Waals surface area contributed by atoms with Gasteiger partial charge in [-0.05, 0) is 76.3 Å². The SMILES string of the molecule is C.C=CC(CCCCCC)CCCCCCC.CC.CCC.CCCCOC[C@@H]1C[C@H](C=CC(=O)CCC)CN1CCCCCCC(C)(C)C(C)=O. The van der Waals surface area contributed by atoms with Crippen molar-refractivity contribution in [2.45, 2.75) is 231 Å². The number of nitrogens with zero attached hydrogens (tertiary/aromatic N) is 1. The number of rotatable bonds is 29. The molecule has 1 saturated heterocycles. The molecule has 0 bridgehead atoms. The summed E-state index contributed by atoms with van der Waals surface area (Å²) >= 11 is 0. The largest absolute Gasteiger partial charge is 0.380 e. The highest BCUT2D eigenvalue weighted by Gasteiger charge is 2.30. The van der Waals surface area contributed by atoms with E-state index in [1.54, 1.807) is 6.92 Å². The minimum Gasteiger partial charge on any atom is -0.380 e. The number of unbranched alkanes of at least 4 members (excludes halogenated alkanes) is 11. The Morgan fingerprint density at radius 1 is 0.788 bits per heavy atom. The van der Waals surface area contributed by atoms with Gasteiger partial charge in [0.2, 0.25) is 0 Å². The van der Waals surface area contributed by atoms with Gasteiger partial charge in [-0.3, -0.25) is 14.5 Å². The Bertz CT molecular complexity index is 788. The summed E-state index contributed by atoms with van der Waals surface area (Å²) in [6.45, 7) is 30.6. The summed E-state index contributed by atoms with van der Waals surface area (Å²) in [4.78, 5) is 26.1. The van der Waals surface area contributed by atoms with Crippen molar-refractivity contribution < 1.29 is 14.3 Å². The van der Waals surface area contributed by atoms with Gasteiger partial charge >= 0.3 is 0 Å². The smallest absolute Gasteiger partial charge is 0.155 e. The van der Waals surface area contributed by atoms with Gasteiger partial charge in [0.15, 0.2) is 5.78 Å². The normalized spacial score (nSPS) is 16.1. The van der Waals surface area contributed by atoms with E-state index in [0.717, 1.165) is 64.3 Å². The van der Waals surface area contributed by atoms with E-state index < -0.39 is 0 Å². The Morgan fingerprint density at radius 3 is 1.83 bits per heavy atom. The molecule has 0 radical (unpaired) electrons. The topological polar surface area (TPSA) is 46.6 Å². The number of Topliss-reactive ketones (excluding diaryl/α,β-unsaturated/α-hetero) is 1. The second-order valence-electron chi connectivity index (χ2n) is 15.5. The lowest BCUT2D eigenvalue weighted by molar-refractivity contribution is -0.125. The van der Waals surface area contributed by atoms with Crippen molar-refractivity contribution in [2.75, 3.05) is 26.3 Å². The van der Waals surface area contributed by atoms with Crippen LogP contribution in [-0.4, -0.2) is 48.8 Å². The van der Waals surface area contributed by atoms with Crippen molar-refractivity contribution in [3.05, 3.63) is 24.8 Å². The van der Waals surface area contributed by atoms with Gasteiger partial charge < -0.3 is 4.74 Å². The number of hydrogen-bond donors (Lipinski definition) is 0. The lowest BCUT2D eigenvalue weighted by atomic mass is 9.83. The van der Waals surface area contributed by atoms with Crippen LogP contribution in [-0.2, 0) is 14.3 Å². The van der Waals surface area contributed by atoms with Crippen molar-refractivity contribution in [3.63, 3.8) is 0 Å². The van der Waals surface area contributed by atoms with Crippen LogP contribution in [0, 0.1) is 17.3 Å². The van der Waals surface area contributed by atoms with Gasteiger partial charge in [-0.2, -0.15) is 0 Å². The molecular formula is C48H97NO3. The molecule has 1 aliphatic heterocycles. The first-order valence-corrected chi connectivity index (χ1v) is 22.2. The van der Waals surface area contributed by atoms with E-state index >= 15 is 0 Å². The molecule has 0 aromatic rings. The molecule has 0 amide bonds. The van der Waals surface area contributed by atoms with Crippen LogP contribution in [0.3, 0.4) is 0 Å². The van der Waals surface area contributed by atoms with E-state index in [4.69, 9.17) is 4.74 Å². The van der Waals surface area contributed by atoms with Gasteiger partial charge in [0, 0.05) is 31.0 Å². The molecule has 312 valence electrons. The Kier molecular flexibility index (Phi) is 46.9. The lowest BCUT2D eigenvalue weighted by Gasteiger charge is -2.24. The third kappa shape index (κ3) is 35.8. The van der Waals surface area contributed by atoms with Crippen LogP contribution in [0.15, 0.2) is 24.8 Å². The lowest BCUT2D eigenvalue weighted by Crippen LogP contribution is -2.34. The molecule has 0 spiro atoms. The van der Waals surface area contributed by atoms with Crippen molar-refractivity contribution in [1.82, 2.24) is 4.90 Å². The Balaban J connectivity index is -0.000000442. The first-order valence-electron chi connectivity index (χ1n) is 22.2.